The van der Waals surface area contributed by atoms with Crippen molar-refractivity contribution < 1.29 is 14.4 Å². The summed E-state index contributed by atoms with van der Waals surface area (Å²) in [5.74, 6) is -1.16. The van der Waals surface area contributed by atoms with Gasteiger partial charge >= 0.3 is 0 Å². The highest BCUT2D eigenvalue weighted by molar-refractivity contribution is 6.33. The Balaban J connectivity index is 1.61. The number of amides is 3. The van der Waals surface area contributed by atoms with Gasteiger partial charge in [-0.3, -0.25) is 14.4 Å². The molecule has 3 amide bonds. The van der Waals surface area contributed by atoms with Crippen LogP contribution < -0.4 is 10.2 Å². The van der Waals surface area contributed by atoms with Crippen molar-refractivity contribution in [3.63, 3.8) is 0 Å². The van der Waals surface area contributed by atoms with E-state index in [-0.39, 0.29) is 37.2 Å². The number of hydrogen-bond acceptors (Lipinski definition) is 3. The molecule has 1 aliphatic heterocycles. The zero-order chi connectivity index (χ0) is 21.1. The van der Waals surface area contributed by atoms with Gasteiger partial charge in [0.25, 0.3) is 0 Å². The zero-order valence-electron chi connectivity index (χ0n) is 16.7. The Bertz CT molecular complexity index is 960. The summed E-state index contributed by atoms with van der Waals surface area (Å²) in [5, 5.41) is 3.32. The van der Waals surface area contributed by atoms with E-state index in [4.69, 9.17) is 11.6 Å². The minimum atomic E-state index is -0.503. The predicted molar refractivity (Wildman–Crippen MR) is 114 cm³/mol. The number of para-hydroxylation sites is 1. The van der Waals surface area contributed by atoms with E-state index in [1.807, 2.05) is 32.0 Å². The molecular formula is C22H24ClN3O3. The van der Waals surface area contributed by atoms with Crippen molar-refractivity contribution in [3.8, 4) is 0 Å². The Hall–Kier alpha value is -2.86. The summed E-state index contributed by atoms with van der Waals surface area (Å²) in [7, 11) is 1.58. The number of carbonyl (C=O) groups excluding carboxylic acids is 3. The number of rotatable bonds is 5. The largest absolute Gasteiger partial charge is 0.336 e. The van der Waals surface area contributed by atoms with Crippen LogP contribution in [0.2, 0.25) is 5.02 Å². The van der Waals surface area contributed by atoms with E-state index < -0.39 is 5.92 Å². The molecule has 1 atom stereocenters. The Morgan fingerprint density at radius 2 is 1.90 bits per heavy atom. The van der Waals surface area contributed by atoms with Gasteiger partial charge in [-0.1, -0.05) is 35.9 Å². The molecule has 152 valence electrons. The highest BCUT2D eigenvalue weighted by Crippen LogP contribution is 2.31. The minimum absolute atomic E-state index is 0.0804. The number of benzene rings is 2. The van der Waals surface area contributed by atoms with Crippen molar-refractivity contribution >= 4 is 40.7 Å². The van der Waals surface area contributed by atoms with Gasteiger partial charge in [-0.25, -0.2) is 0 Å². The van der Waals surface area contributed by atoms with Crippen molar-refractivity contribution in [2.75, 3.05) is 30.4 Å². The molecule has 0 saturated carbocycles. The number of nitrogens with one attached hydrogen (secondary N) is 1. The second-order valence-electron chi connectivity index (χ2n) is 7.35. The van der Waals surface area contributed by atoms with Crippen molar-refractivity contribution in [2.24, 2.45) is 5.92 Å². The van der Waals surface area contributed by atoms with Gasteiger partial charge in [0.1, 0.15) is 0 Å². The highest BCUT2D eigenvalue weighted by Gasteiger charge is 2.37. The number of carbonyl (C=O) groups is 3. The summed E-state index contributed by atoms with van der Waals surface area (Å²) in [6, 6.07) is 12.7. The van der Waals surface area contributed by atoms with Crippen LogP contribution in [0.25, 0.3) is 0 Å². The lowest BCUT2D eigenvalue weighted by Gasteiger charge is -2.22. The topological polar surface area (TPSA) is 69.7 Å². The average Bonchev–Trinajstić information content (AvgIpc) is 3.06. The Labute approximate surface area is 175 Å². The molecule has 0 aromatic heterocycles. The summed E-state index contributed by atoms with van der Waals surface area (Å²) in [6.45, 7) is 4.09. The molecular weight excluding hydrogens is 390 g/mol. The number of halogens is 1. The van der Waals surface area contributed by atoms with Crippen molar-refractivity contribution in [1.29, 1.82) is 0 Å². The first-order chi connectivity index (χ1) is 13.8. The highest BCUT2D eigenvalue weighted by atomic mass is 35.5. The lowest BCUT2D eigenvalue weighted by atomic mass is 10.1. The third kappa shape index (κ3) is 4.59. The van der Waals surface area contributed by atoms with E-state index in [0.29, 0.717) is 10.7 Å². The zero-order valence-corrected chi connectivity index (χ0v) is 17.5. The molecule has 7 heteroatoms. The summed E-state index contributed by atoms with van der Waals surface area (Å²) < 4.78 is 0. The normalized spacial score (nSPS) is 16.1. The maximum atomic E-state index is 12.8. The first-order valence-corrected chi connectivity index (χ1v) is 9.81. The van der Waals surface area contributed by atoms with Gasteiger partial charge in [0.15, 0.2) is 0 Å². The van der Waals surface area contributed by atoms with Gasteiger partial charge in [0.05, 0.1) is 23.2 Å². The monoisotopic (exact) mass is 413 g/mol. The summed E-state index contributed by atoms with van der Waals surface area (Å²) in [6.07, 6.45) is 0.104. The fraction of sp³-hybridized carbons (Fsp3) is 0.318. The van der Waals surface area contributed by atoms with Crippen LogP contribution in [0, 0.1) is 19.8 Å². The summed E-state index contributed by atoms with van der Waals surface area (Å²) in [4.78, 5) is 40.5. The number of anilines is 2. The van der Waals surface area contributed by atoms with Crippen molar-refractivity contribution in [1.82, 2.24) is 4.90 Å². The molecule has 0 bridgehead atoms. The molecule has 3 rings (SSSR count). The van der Waals surface area contributed by atoms with Gasteiger partial charge in [0, 0.05) is 25.7 Å². The van der Waals surface area contributed by atoms with E-state index >= 15 is 0 Å². The lowest BCUT2D eigenvalue weighted by molar-refractivity contribution is -0.137. The van der Waals surface area contributed by atoms with Gasteiger partial charge in [-0.15, -0.1) is 0 Å². The van der Waals surface area contributed by atoms with E-state index in [2.05, 4.69) is 5.32 Å². The maximum Gasteiger partial charge on any atom is 0.243 e. The van der Waals surface area contributed by atoms with Crippen LogP contribution >= 0.6 is 11.6 Å². The standard InChI is InChI=1S/C22H24ClN3O3/c1-14-7-6-9-18(15(14)2)24-20(27)13-25(3)22(29)16-11-21(28)26(12-16)19-10-5-4-8-17(19)23/h4-10,16H,11-13H2,1-3H3,(H,24,27). The van der Waals surface area contributed by atoms with E-state index in [9.17, 15) is 14.4 Å². The number of hydrogen-bond donors (Lipinski definition) is 1. The van der Waals surface area contributed by atoms with Crippen LogP contribution in [-0.2, 0) is 14.4 Å². The molecule has 2 aromatic rings. The Morgan fingerprint density at radius 3 is 2.62 bits per heavy atom. The van der Waals surface area contributed by atoms with Gasteiger partial charge < -0.3 is 15.1 Å². The van der Waals surface area contributed by atoms with Crippen LogP contribution in [-0.4, -0.2) is 42.8 Å². The summed E-state index contributed by atoms with van der Waals surface area (Å²) >= 11 is 6.19. The number of aryl methyl sites for hydroxylation is 1. The van der Waals surface area contributed by atoms with Crippen molar-refractivity contribution in [2.45, 2.75) is 20.3 Å². The van der Waals surface area contributed by atoms with Crippen LogP contribution in [0.3, 0.4) is 0 Å². The molecule has 1 saturated heterocycles. The van der Waals surface area contributed by atoms with Crippen LogP contribution in [0.1, 0.15) is 17.5 Å². The predicted octanol–water partition coefficient (Wildman–Crippen LogP) is 3.41. The SMILES string of the molecule is Cc1cccc(NC(=O)CN(C)C(=O)C2CC(=O)N(c3ccccc3Cl)C2)c1C. The van der Waals surface area contributed by atoms with E-state index in [0.717, 1.165) is 16.8 Å². The molecule has 1 fully saturated rings. The maximum absolute atomic E-state index is 12.8. The summed E-state index contributed by atoms with van der Waals surface area (Å²) in [5.41, 5.74) is 3.41. The second kappa shape index (κ2) is 8.66. The first kappa shape index (κ1) is 20.9. The molecule has 2 aromatic carbocycles. The van der Waals surface area contributed by atoms with Crippen LogP contribution in [0.4, 0.5) is 11.4 Å². The molecule has 29 heavy (non-hydrogen) atoms. The smallest absolute Gasteiger partial charge is 0.243 e. The molecule has 6 nitrogen and oxygen atoms in total. The van der Waals surface area contributed by atoms with Crippen LogP contribution in [0.5, 0.6) is 0 Å². The fourth-order valence-electron chi connectivity index (χ4n) is 3.46. The van der Waals surface area contributed by atoms with E-state index in [1.165, 1.54) is 9.80 Å². The average molecular weight is 414 g/mol. The van der Waals surface area contributed by atoms with Crippen molar-refractivity contribution in [3.05, 3.63) is 58.6 Å². The second-order valence-corrected chi connectivity index (χ2v) is 7.75. The van der Waals surface area contributed by atoms with Gasteiger partial charge in [-0.2, -0.15) is 0 Å². The minimum Gasteiger partial charge on any atom is -0.336 e. The number of likely N-dealkylation sites (N-methyl/N-ethyl adjacent to an activating group) is 1. The quantitative estimate of drug-likeness (QED) is 0.816. The first-order valence-electron chi connectivity index (χ1n) is 9.44. The van der Waals surface area contributed by atoms with E-state index in [1.54, 1.807) is 31.3 Å². The van der Waals surface area contributed by atoms with Gasteiger partial charge in [0.2, 0.25) is 17.7 Å². The third-order valence-corrected chi connectivity index (χ3v) is 5.57. The molecule has 0 spiro atoms. The molecule has 0 aliphatic carbocycles. The molecule has 1 aliphatic rings. The van der Waals surface area contributed by atoms with Crippen LogP contribution in [0.15, 0.2) is 42.5 Å². The Kier molecular flexibility index (Phi) is 6.23. The molecule has 1 heterocycles. The Morgan fingerprint density at radius 1 is 1.17 bits per heavy atom. The third-order valence-electron chi connectivity index (χ3n) is 5.25. The molecule has 1 unspecified atom stereocenters. The number of nitrogens with zero attached hydrogens (tertiary/aromatic N) is 2. The fourth-order valence-corrected chi connectivity index (χ4v) is 3.70. The van der Waals surface area contributed by atoms with Gasteiger partial charge in [-0.05, 0) is 43.2 Å². The lowest BCUT2D eigenvalue weighted by Crippen LogP contribution is -2.39. The molecule has 1 N–H and O–H groups in total. The molecule has 0 radical (unpaired) electrons.